The molecule has 264 valence electrons. The lowest BCUT2D eigenvalue weighted by atomic mass is 9.97. The van der Waals surface area contributed by atoms with Crippen molar-refractivity contribution in [3.8, 4) is 11.3 Å². The van der Waals surface area contributed by atoms with Crippen molar-refractivity contribution in [3.05, 3.63) is 65.7 Å². The van der Waals surface area contributed by atoms with E-state index in [1.807, 2.05) is 27.9 Å². The summed E-state index contributed by atoms with van der Waals surface area (Å²) in [7, 11) is 0. The summed E-state index contributed by atoms with van der Waals surface area (Å²) in [6, 6.07) is 10.4. The van der Waals surface area contributed by atoms with Gasteiger partial charge in [-0.15, -0.1) is 0 Å². The number of H-pyrrole nitrogens is 1. The minimum absolute atomic E-state index is 0.0715. The number of hydrogen-bond acceptors (Lipinski definition) is 11. The number of hydrogen-bond donors (Lipinski definition) is 3. The monoisotopic (exact) mass is 685 g/mol. The van der Waals surface area contributed by atoms with Crippen LogP contribution in [-0.2, 0) is 48.0 Å². The van der Waals surface area contributed by atoms with Gasteiger partial charge in [-0.05, 0) is 35.2 Å². The van der Waals surface area contributed by atoms with Crippen LogP contribution in [0.4, 0.5) is 5.82 Å². The van der Waals surface area contributed by atoms with E-state index in [9.17, 15) is 9.59 Å². The maximum atomic E-state index is 12.9. The van der Waals surface area contributed by atoms with Gasteiger partial charge in [-0.1, -0.05) is 18.2 Å². The highest BCUT2D eigenvalue weighted by Gasteiger charge is 2.22. The first kappa shape index (κ1) is 34.9. The van der Waals surface area contributed by atoms with Gasteiger partial charge in [0.05, 0.1) is 71.2 Å². The molecule has 0 atom stereocenters. The third-order valence-corrected chi connectivity index (χ3v) is 8.40. The highest BCUT2D eigenvalue weighted by Crippen LogP contribution is 2.32. The van der Waals surface area contributed by atoms with E-state index in [1.165, 1.54) is 18.8 Å². The van der Waals surface area contributed by atoms with E-state index in [1.54, 1.807) is 6.20 Å². The molecule has 5 heterocycles. The number of carbonyl (C=O) groups is 2. The number of nitrogens with one attached hydrogen (secondary N) is 2. The molecule has 6 rings (SSSR count). The van der Waals surface area contributed by atoms with E-state index in [-0.39, 0.29) is 11.8 Å². The van der Waals surface area contributed by atoms with Crippen molar-refractivity contribution in [1.82, 2.24) is 39.9 Å². The molecule has 0 saturated carbocycles. The van der Waals surface area contributed by atoms with Crippen LogP contribution >= 0.6 is 0 Å². The number of pyridine rings is 1. The Morgan fingerprint density at radius 3 is 2.46 bits per heavy atom. The molecule has 15 nitrogen and oxygen atoms in total. The third kappa shape index (κ3) is 8.98. The van der Waals surface area contributed by atoms with Crippen molar-refractivity contribution in [3.63, 3.8) is 0 Å². The summed E-state index contributed by atoms with van der Waals surface area (Å²) < 4.78 is 23.8. The smallest absolute Gasteiger partial charge is 0.225 e. The van der Waals surface area contributed by atoms with Crippen LogP contribution in [0, 0.1) is 0 Å². The van der Waals surface area contributed by atoms with Gasteiger partial charge in [0.15, 0.2) is 5.65 Å². The molecule has 0 bridgehead atoms. The number of benzene rings is 1. The highest BCUT2D eigenvalue weighted by atomic mass is 16.6. The number of amides is 2. The van der Waals surface area contributed by atoms with Crippen molar-refractivity contribution in [2.45, 2.75) is 32.9 Å². The Kier molecular flexibility index (Phi) is 11.9. The van der Waals surface area contributed by atoms with Crippen LogP contribution in [0.2, 0.25) is 0 Å². The van der Waals surface area contributed by atoms with E-state index in [4.69, 9.17) is 29.8 Å². The van der Waals surface area contributed by atoms with E-state index in [0.717, 1.165) is 34.1 Å². The number of nitrogens with two attached hydrogens (primary N) is 1. The third-order valence-electron chi connectivity index (χ3n) is 8.40. The molecular formula is C35H43N9O6. The van der Waals surface area contributed by atoms with Crippen molar-refractivity contribution < 1.29 is 28.5 Å². The number of nitrogens with zero attached hydrogens (tertiary/aromatic N) is 6. The summed E-state index contributed by atoms with van der Waals surface area (Å²) in [6.07, 6.45) is 6.20. The first-order valence-corrected chi connectivity index (χ1v) is 16.8. The molecule has 50 heavy (non-hydrogen) atoms. The molecule has 0 aliphatic carbocycles. The van der Waals surface area contributed by atoms with Gasteiger partial charge in [0.1, 0.15) is 23.5 Å². The minimum Gasteiger partial charge on any atom is -0.383 e. The molecule has 0 unspecified atom stereocenters. The summed E-state index contributed by atoms with van der Waals surface area (Å²) >= 11 is 0. The van der Waals surface area contributed by atoms with Crippen molar-refractivity contribution >= 4 is 39.7 Å². The minimum atomic E-state index is -0.0715. The zero-order valence-electron chi connectivity index (χ0n) is 28.2. The molecule has 0 radical (unpaired) electrons. The number of rotatable bonds is 18. The second-order valence-corrected chi connectivity index (χ2v) is 12.0. The first-order valence-electron chi connectivity index (χ1n) is 16.8. The lowest BCUT2D eigenvalue weighted by Gasteiger charge is -2.29. The van der Waals surface area contributed by atoms with Gasteiger partial charge >= 0.3 is 0 Å². The standard InChI is InChI=1S/C35H43N9O6/c1-24(45)37-8-11-48-13-15-50-17-16-49-14-12-47-10-6-30(46)43-9-5-26-18-25(2-3-28(26)22-43)21-44-35-31(33(36)40-23-41-35)32(42-44)29-19-27-4-7-38-34(27)39-20-29/h2-4,7,18-20,23H,5-6,8-17,21-22H2,1H3,(H,37,45)(H,38,39)(H2,36,40,41). The average Bonchev–Trinajstić information content (AvgIpc) is 3.74. The second-order valence-electron chi connectivity index (χ2n) is 12.0. The Morgan fingerprint density at radius 2 is 1.68 bits per heavy atom. The molecule has 4 N–H and O–H groups in total. The fourth-order valence-corrected chi connectivity index (χ4v) is 5.88. The fraction of sp³-hybridized carbons (Fsp3) is 0.429. The van der Waals surface area contributed by atoms with Crippen LogP contribution in [0.5, 0.6) is 0 Å². The quantitative estimate of drug-likeness (QED) is 0.115. The summed E-state index contributed by atoms with van der Waals surface area (Å²) in [5, 5.41) is 9.28. The molecule has 5 aromatic rings. The number of aromatic nitrogens is 6. The maximum Gasteiger partial charge on any atom is 0.225 e. The number of anilines is 1. The number of aromatic amines is 1. The zero-order valence-corrected chi connectivity index (χ0v) is 28.2. The van der Waals surface area contributed by atoms with Crippen LogP contribution in [0.25, 0.3) is 33.3 Å². The largest absolute Gasteiger partial charge is 0.383 e. The van der Waals surface area contributed by atoms with Crippen LogP contribution in [0.3, 0.4) is 0 Å². The molecule has 2 amide bonds. The van der Waals surface area contributed by atoms with Crippen molar-refractivity contribution in [1.29, 1.82) is 0 Å². The average molecular weight is 686 g/mol. The van der Waals surface area contributed by atoms with Crippen molar-refractivity contribution in [2.24, 2.45) is 0 Å². The van der Waals surface area contributed by atoms with Gasteiger partial charge in [0.2, 0.25) is 11.8 Å². The molecule has 0 spiro atoms. The van der Waals surface area contributed by atoms with Gasteiger partial charge < -0.3 is 39.9 Å². The summed E-state index contributed by atoms with van der Waals surface area (Å²) in [5.41, 5.74) is 12.8. The molecule has 1 aliphatic rings. The van der Waals surface area contributed by atoms with Gasteiger partial charge in [0, 0.05) is 49.9 Å². The van der Waals surface area contributed by atoms with E-state index in [2.05, 4.69) is 43.5 Å². The van der Waals surface area contributed by atoms with E-state index >= 15 is 0 Å². The van der Waals surface area contributed by atoms with Crippen LogP contribution in [-0.4, -0.2) is 112 Å². The molecular weight excluding hydrogens is 642 g/mol. The normalized spacial score (nSPS) is 12.9. The highest BCUT2D eigenvalue weighted by molar-refractivity contribution is 5.99. The Balaban J connectivity index is 0.923. The van der Waals surface area contributed by atoms with Crippen molar-refractivity contribution in [2.75, 3.05) is 71.7 Å². The van der Waals surface area contributed by atoms with Gasteiger partial charge in [0.25, 0.3) is 0 Å². The Hall–Kier alpha value is -4.96. The first-order chi connectivity index (χ1) is 24.5. The van der Waals surface area contributed by atoms with E-state index < -0.39 is 0 Å². The SMILES string of the molecule is CC(=O)NCCOCCOCCOCCOCCC(=O)N1CCc2cc(Cn3nc(-c4cnc5[nH]ccc5c4)c4c(N)ncnc43)ccc2C1. The molecule has 4 aromatic heterocycles. The summed E-state index contributed by atoms with van der Waals surface area (Å²) in [6.45, 7) is 7.19. The van der Waals surface area contributed by atoms with Gasteiger partial charge in [-0.25, -0.2) is 19.6 Å². The number of carbonyl (C=O) groups excluding carboxylic acids is 2. The summed E-state index contributed by atoms with van der Waals surface area (Å²) in [4.78, 5) is 42.0. The number of nitrogen functional groups attached to an aromatic ring is 1. The molecule has 1 aromatic carbocycles. The molecule has 0 saturated heterocycles. The number of fused-ring (bicyclic) bond motifs is 3. The Labute approximate surface area is 289 Å². The Bertz CT molecular complexity index is 1910. The molecule has 0 fully saturated rings. The van der Waals surface area contributed by atoms with Crippen LogP contribution < -0.4 is 11.1 Å². The molecule has 15 heteroatoms. The molecule has 1 aliphatic heterocycles. The number of ether oxygens (including phenoxy) is 4. The topological polar surface area (TPSA) is 185 Å². The van der Waals surface area contributed by atoms with Gasteiger partial charge in [-0.3, -0.25) is 9.59 Å². The summed E-state index contributed by atoms with van der Waals surface area (Å²) in [5.74, 6) is 0.378. The van der Waals surface area contributed by atoms with Gasteiger partial charge in [-0.2, -0.15) is 5.10 Å². The maximum absolute atomic E-state index is 12.9. The second kappa shape index (κ2) is 17.1. The predicted molar refractivity (Wildman–Crippen MR) is 186 cm³/mol. The van der Waals surface area contributed by atoms with Crippen LogP contribution in [0.15, 0.2) is 49.1 Å². The zero-order chi connectivity index (χ0) is 34.7. The lowest BCUT2D eigenvalue weighted by molar-refractivity contribution is -0.133. The lowest BCUT2D eigenvalue weighted by Crippen LogP contribution is -2.36. The fourth-order valence-electron chi connectivity index (χ4n) is 5.88. The predicted octanol–water partition coefficient (Wildman–Crippen LogP) is 2.48. The van der Waals surface area contributed by atoms with Crippen LogP contribution in [0.1, 0.15) is 30.0 Å². The van der Waals surface area contributed by atoms with E-state index in [0.29, 0.717) is 108 Å². The Morgan fingerprint density at radius 1 is 0.920 bits per heavy atom.